The number of amides is 2. The fourth-order valence-corrected chi connectivity index (χ4v) is 4.70. The molecule has 1 aliphatic heterocycles. The van der Waals surface area contributed by atoms with Crippen LogP contribution in [0.15, 0.2) is 85.1 Å². The zero-order chi connectivity index (χ0) is 25.1. The number of anilines is 1. The number of carbonyl (C=O) groups is 1. The van der Waals surface area contributed by atoms with Crippen molar-refractivity contribution < 1.29 is 19.0 Å². The summed E-state index contributed by atoms with van der Waals surface area (Å²) in [5.74, 6) is 1.98. The summed E-state index contributed by atoms with van der Waals surface area (Å²) in [7, 11) is 3.17. The number of urea groups is 1. The number of methoxy groups -OCH3 is 2. The molecule has 7 nitrogen and oxygen atoms in total. The molecule has 7 heteroatoms. The Hall–Kier alpha value is -4.39. The minimum absolute atomic E-state index is 0.245. The molecule has 0 bridgehead atoms. The number of hydrogen-bond acceptors (Lipinski definition) is 4. The van der Waals surface area contributed by atoms with Gasteiger partial charge in [0.1, 0.15) is 17.2 Å². The van der Waals surface area contributed by atoms with E-state index in [-0.39, 0.29) is 12.1 Å². The third-order valence-electron chi connectivity index (χ3n) is 6.38. The van der Waals surface area contributed by atoms with Gasteiger partial charge in [0.2, 0.25) is 0 Å². The van der Waals surface area contributed by atoms with E-state index in [9.17, 15) is 4.79 Å². The molecular formula is C29H29N3O4. The van der Waals surface area contributed by atoms with Gasteiger partial charge < -0.3 is 29.0 Å². The smallest absolute Gasteiger partial charge is 0.323 e. The third kappa shape index (κ3) is 4.35. The molecule has 0 saturated carbocycles. The third-order valence-corrected chi connectivity index (χ3v) is 6.38. The average molecular weight is 484 g/mol. The van der Waals surface area contributed by atoms with E-state index < -0.39 is 0 Å². The summed E-state index contributed by atoms with van der Waals surface area (Å²) in [6.07, 6.45) is 2.04. The molecule has 0 unspecified atom stereocenters. The van der Waals surface area contributed by atoms with Gasteiger partial charge in [0.25, 0.3) is 0 Å². The molecule has 36 heavy (non-hydrogen) atoms. The number of aromatic nitrogens is 1. The Morgan fingerprint density at radius 3 is 2.47 bits per heavy atom. The summed E-state index contributed by atoms with van der Waals surface area (Å²) in [5.41, 5.74) is 4.63. The lowest BCUT2D eigenvalue weighted by atomic mass is 10.0. The summed E-state index contributed by atoms with van der Waals surface area (Å²) in [6, 6.07) is 24.9. The number of nitrogens with one attached hydrogen (secondary N) is 1. The van der Waals surface area contributed by atoms with Crippen molar-refractivity contribution in [3.05, 3.63) is 102 Å². The molecule has 4 aromatic rings. The van der Waals surface area contributed by atoms with E-state index >= 15 is 0 Å². The van der Waals surface area contributed by atoms with E-state index in [1.165, 1.54) is 0 Å². The first kappa shape index (κ1) is 23.4. The Morgan fingerprint density at radius 1 is 0.944 bits per heavy atom. The van der Waals surface area contributed by atoms with Crippen LogP contribution in [-0.2, 0) is 6.54 Å². The first-order valence-electron chi connectivity index (χ1n) is 11.9. The Balaban J connectivity index is 1.60. The molecule has 2 heterocycles. The average Bonchev–Trinajstić information content (AvgIpc) is 3.33. The van der Waals surface area contributed by atoms with Gasteiger partial charge in [0, 0.05) is 18.0 Å². The van der Waals surface area contributed by atoms with Gasteiger partial charge in [-0.1, -0.05) is 30.3 Å². The molecule has 1 N–H and O–H groups in total. The zero-order valence-electron chi connectivity index (χ0n) is 20.6. The molecule has 1 atom stereocenters. The number of hydrogen-bond donors (Lipinski definition) is 1. The monoisotopic (exact) mass is 483 g/mol. The van der Waals surface area contributed by atoms with Crippen LogP contribution in [0.25, 0.3) is 5.69 Å². The van der Waals surface area contributed by atoms with E-state index in [0.29, 0.717) is 30.3 Å². The molecule has 0 fully saturated rings. The van der Waals surface area contributed by atoms with Crippen LogP contribution in [0, 0.1) is 0 Å². The lowest BCUT2D eigenvalue weighted by Crippen LogP contribution is -2.38. The fourth-order valence-electron chi connectivity index (χ4n) is 4.70. The molecule has 0 aliphatic carbocycles. The first-order chi connectivity index (χ1) is 17.6. The van der Waals surface area contributed by atoms with Crippen molar-refractivity contribution >= 4 is 11.7 Å². The highest BCUT2D eigenvalue weighted by atomic mass is 16.5. The molecule has 2 amide bonds. The van der Waals surface area contributed by atoms with Crippen molar-refractivity contribution in [2.45, 2.75) is 19.5 Å². The lowest BCUT2D eigenvalue weighted by molar-refractivity contribution is 0.194. The van der Waals surface area contributed by atoms with Crippen molar-refractivity contribution in [2.24, 2.45) is 0 Å². The van der Waals surface area contributed by atoms with Crippen LogP contribution in [0.1, 0.15) is 29.8 Å². The predicted molar refractivity (Wildman–Crippen MR) is 139 cm³/mol. The Morgan fingerprint density at radius 2 is 1.72 bits per heavy atom. The Bertz CT molecular complexity index is 1360. The van der Waals surface area contributed by atoms with Crippen LogP contribution >= 0.6 is 0 Å². The maximum atomic E-state index is 14.0. The molecule has 1 aromatic heterocycles. The van der Waals surface area contributed by atoms with Gasteiger partial charge in [-0.15, -0.1) is 0 Å². The van der Waals surface area contributed by atoms with Gasteiger partial charge in [-0.3, -0.25) is 0 Å². The number of nitrogens with zero attached hydrogens (tertiary/aromatic N) is 2. The summed E-state index contributed by atoms with van der Waals surface area (Å²) < 4.78 is 18.7. The minimum Gasteiger partial charge on any atom is -0.497 e. The van der Waals surface area contributed by atoms with Gasteiger partial charge in [0.15, 0.2) is 0 Å². The second-order valence-electron chi connectivity index (χ2n) is 8.46. The van der Waals surface area contributed by atoms with E-state index in [1.807, 2.05) is 60.5 Å². The van der Waals surface area contributed by atoms with Crippen LogP contribution in [0.2, 0.25) is 0 Å². The zero-order valence-corrected chi connectivity index (χ0v) is 20.6. The van der Waals surface area contributed by atoms with E-state index in [4.69, 9.17) is 14.2 Å². The molecule has 0 radical (unpaired) electrons. The lowest BCUT2D eigenvalue weighted by Gasteiger charge is -2.31. The van der Waals surface area contributed by atoms with E-state index in [0.717, 1.165) is 28.3 Å². The molecule has 0 spiro atoms. The number of fused-ring (bicyclic) bond motifs is 3. The standard InChI is InChI=1S/C29H29N3O4/c1-4-36-22-13-11-20(12-14-22)28-26-10-7-17-31(26)25-9-6-5-8-21(25)19-32(28)29(33)30-24-18-23(34-2)15-16-27(24)35-3/h5-18,28H,4,19H2,1-3H3,(H,30,33)/t28-/m1/s1. The normalized spacial score (nSPS) is 14.3. The van der Waals surface area contributed by atoms with Crippen molar-refractivity contribution in [3.63, 3.8) is 0 Å². The maximum absolute atomic E-state index is 14.0. The summed E-state index contributed by atoms with van der Waals surface area (Å²) in [5, 5.41) is 3.07. The number of ether oxygens (including phenoxy) is 3. The molecule has 1 aliphatic rings. The fraction of sp³-hybridized carbons (Fsp3) is 0.207. The SMILES string of the molecule is CCOc1ccc([C@@H]2c3cccn3-c3ccccc3CN2C(=O)Nc2cc(OC)ccc2OC)cc1. The van der Waals surface area contributed by atoms with Crippen LogP contribution < -0.4 is 19.5 Å². The van der Waals surface area contributed by atoms with E-state index in [1.54, 1.807) is 32.4 Å². The van der Waals surface area contributed by atoms with Gasteiger partial charge in [-0.05, 0) is 60.5 Å². The predicted octanol–water partition coefficient (Wildman–Crippen LogP) is 6.03. The molecule has 5 rings (SSSR count). The molecule has 3 aromatic carbocycles. The second kappa shape index (κ2) is 10.1. The van der Waals surface area contributed by atoms with Gasteiger partial charge >= 0.3 is 6.03 Å². The van der Waals surface area contributed by atoms with Crippen LogP contribution in [0.5, 0.6) is 17.2 Å². The summed E-state index contributed by atoms with van der Waals surface area (Å²) in [4.78, 5) is 15.8. The number of para-hydroxylation sites is 1. The number of carbonyl (C=O) groups excluding carboxylic acids is 1. The van der Waals surface area contributed by atoms with Gasteiger partial charge in [-0.2, -0.15) is 0 Å². The highest BCUT2D eigenvalue weighted by Crippen LogP contribution is 2.38. The van der Waals surface area contributed by atoms with Crippen LogP contribution in [-0.4, -0.2) is 36.3 Å². The van der Waals surface area contributed by atoms with Crippen molar-refractivity contribution in [2.75, 3.05) is 26.1 Å². The maximum Gasteiger partial charge on any atom is 0.323 e. The highest BCUT2D eigenvalue weighted by molar-refractivity contribution is 5.92. The number of benzene rings is 3. The summed E-state index contributed by atoms with van der Waals surface area (Å²) >= 11 is 0. The topological polar surface area (TPSA) is 65.0 Å². The van der Waals surface area contributed by atoms with Crippen molar-refractivity contribution in [1.29, 1.82) is 0 Å². The molecular weight excluding hydrogens is 454 g/mol. The van der Waals surface area contributed by atoms with Gasteiger partial charge in [-0.25, -0.2) is 4.79 Å². The second-order valence-corrected chi connectivity index (χ2v) is 8.46. The Labute approximate surface area is 210 Å². The van der Waals surface area contributed by atoms with Gasteiger partial charge in [0.05, 0.1) is 44.8 Å². The minimum atomic E-state index is -0.334. The summed E-state index contributed by atoms with van der Waals surface area (Å²) in [6.45, 7) is 2.98. The molecule has 0 saturated heterocycles. The first-order valence-corrected chi connectivity index (χ1v) is 11.9. The number of rotatable bonds is 6. The van der Waals surface area contributed by atoms with E-state index in [2.05, 4.69) is 28.1 Å². The van der Waals surface area contributed by atoms with Crippen molar-refractivity contribution in [1.82, 2.24) is 9.47 Å². The Kier molecular flexibility index (Phi) is 6.54. The van der Waals surface area contributed by atoms with Crippen molar-refractivity contribution in [3.8, 4) is 22.9 Å². The van der Waals surface area contributed by atoms with Crippen LogP contribution in [0.3, 0.4) is 0 Å². The molecule has 184 valence electrons. The highest BCUT2D eigenvalue weighted by Gasteiger charge is 2.33. The quantitative estimate of drug-likeness (QED) is 0.364. The van der Waals surface area contributed by atoms with Crippen LogP contribution in [0.4, 0.5) is 10.5 Å². The largest absolute Gasteiger partial charge is 0.497 e.